The molecule has 0 aliphatic heterocycles. The maximum absolute atomic E-state index is 4.26. The Morgan fingerprint density at radius 2 is 1.90 bits per heavy atom. The van der Waals surface area contributed by atoms with Gasteiger partial charge < -0.3 is 0 Å². The fourth-order valence-corrected chi connectivity index (χ4v) is 0.864. The maximum atomic E-state index is 4.26. The lowest BCUT2D eigenvalue weighted by molar-refractivity contribution is -0.689. The normalized spacial score (nSPS) is 12.5. The van der Waals surface area contributed by atoms with Crippen molar-refractivity contribution in [2.45, 2.75) is 5.37 Å². The fourth-order valence-electron chi connectivity index (χ4n) is 0.710. The van der Waals surface area contributed by atoms with Crippen LogP contribution in [0.5, 0.6) is 0 Å². The Morgan fingerprint density at radius 3 is 2.40 bits per heavy atom. The Balaban J connectivity index is 2.84. The first-order valence-corrected chi connectivity index (χ1v) is 3.62. The lowest BCUT2D eigenvalue weighted by Gasteiger charge is -1.96. The van der Waals surface area contributed by atoms with Crippen LogP contribution in [0.15, 0.2) is 43.2 Å². The van der Waals surface area contributed by atoms with Gasteiger partial charge >= 0.3 is 0 Å². The topological polar surface area (TPSA) is 3.88 Å². The second-order valence-corrected chi connectivity index (χ2v) is 2.50. The fraction of sp³-hybridized carbons (Fsp3) is 0.125. The van der Waals surface area contributed by atoms with E-state index in [-0.39, 0.29) is 5.37 Å². The summed E-state index contributed by atoms with van der Waals surface area (Å²) in [6, 6.07) is 5.90. The SMILES string of the molecule is C=CC(S)[n+]1ccccc1. The van der Waals surface area contributed by atoms with Crippen LogP contribution in [0.25, 0.3) is 0 Å². The molecular weight excluding hydrogens is 142 g/mol. The van der Waals surface area contributed by atoms with Crippen molar-refractivity contribution < 1.29 is 4.57 Å². The number of hydrogen-bond acceptors (Lipinski definition) is 1. The predicted molar refractivity (Wildman–Crippen MR) is 44.9 cm³/mol. The average molecular weight is 152 g/mol. The Morgan fingerprint density at radius 1 is 1.30 bits per heavy atom. The van der Waals surface area contributed by atoms with E-state index in [1.54, 1.807) is 6.08 Å². The van der Waals surface area contributed by atoms with Crippen molar-refractivity contribution in [2.75, 3.05) is 0 Å². The first kappa shape index (κ1) is 7.35. The minimum absolute atomic E-state index is 0.0844. The summed E-state index contributed by atoms with van der Waals surface area (Å²) < 4.78 is 1.97. The third-order valence-corrected chi connectivity index (χ3v) is 1.73. The van der Waals surface area contributed by atoms with Crippen LogP contribution in [0, 0.1) is 0 Å². The third kappa shape index (κ3) is 1.61. The van der Waals surface area contributed by atoms with Crippen LogP contribution in [0.4, 0.5) is 0 Å². The zero-order valence-electron chi connectivity index (χ0n) is 5.64. The molecule has 1 aromatic rings. The summed E-state index contributed by atoms with van der Waals surface area (Å²) in [6.07, 6.45) is 5.70. The Labute approximate surface area is 66.4 Å². The number of rotatable bonds is 2. The molecule has 0 fully saturated rings. The van der Waals surface area contributed by atoms with Gasteiger partial charge in [-0.3, -0.25) is 0 Å². The van der Waals surface area contributed by atoms with Gasteiger partial charge in [0.1, 0.15) is 0 Å². The largest absolute Gasteiger partial charge is 0.219 e. The van der Waals surface area contributed by atoms with Gasteiger partial charge in [-0.2, -0.15) is 4.57 Å². The molecule has 0 saturated heterocycles. The lowest BCUT2D eigenvalue weighted by atomic mass is 10.5. The maximum Gasteiger partial charge on any atom is 0.219 e. The van der Waals surface area contributed by atoms with Gasteiger partial charge in [-0.05, 0) is 6.08 Å². The molecule has 0 amide bonds. The van der Waals surface area contributed by atoms with Gasteiger partial charge in [0.2, 0.25) is 5.37 Å². The van der Waals surface area contributed by atoms with E-state index in [1.807, 2.05) is 35.2 Å². The number of nitrogens with zero attached hydrogens (tertiary/aromatic N) is 1. The van der Waals surface area contributed by atoms with Crippen molar-refractivity contribution in [2.24, 2.45) is 0 Å². The molecule has 0 saturated carbocycles. The molecule has 0 aliphatic carbocycles. The van der Waals surface area contributed by atoms with Crippen LogP contribution in [-0.4, -0.2) is 0 Å². The van der Waals surface area contributed by atoms with E-state index in [0.717, 1.165) is 0 Å². The average Bonchev–Trinajstić information content (AvgIpc) is 2.05. The van der Waals surface area contributed by atoms with Crippen LogP contribution >= 0.6 is 12.6 Å². The zero-order chi connectivity index (χ0) is 7.40. The number of pyridine rings is 1. The van der Waals surface area contributed by atoms with Crippen molar-refractivity contribution in [3.05, 3.63) is 43.2 Å². The summed E-state index contributed by atoms with van der Waals surface area (Å²) in [4.78, 5) is 0. The minimum atomic E-state index is 0.0844. The first-order valence-electron chi connectivity index (χ1n) is 3.11. The zero-order valence-corrected chi connectivity index (χ0v) is 6.54. The Bertz CT molecular complexity index is 208. The Hall–Kier alpha value is -0.760. The van der Waals surface area contributed by atoms with E-state index in [4.69, 9.17) is 0 Å². The summed E-state index contributed by atoms with van der Waals surface area (Å²) in [5.41, 5.74) is 0. The molecule has 1 atom stereocenters. The predicted octanol–water partition coefficient (Wildman–Crippen LogP) is 1.59. The summed E-state index contributed by atoms with van der Waals surface area (Å²) in [6.45, 7) is 3.64. The monoisotopic (exact) mass is 152 g/mol. The standard InChI is InChI=1S/C8H9NS/c1-2-8(10)9-6-4-3-5-7-9/h2-8H,1H2/p+1. The van der Waals surface area contributed by atoms with Gasteiger partial charge in [0.25, 0.3) is 0 Å². The molecule has 0 aliphatic rings. The van der Waals surface area contributed by atoms with Crippen LogP contribution < -0.4 is 4.57 Å². The van der Waals surface area contributed by atoms with E-state index in [9.17, 15) is 0 Å². The van der Waals surface area contributed by atoms with Gasteiger partial charge in [0, 0.05) is 12.1 Å². The highest BCUT2D eigenvalue weighted by atomic mass is 32.1. The van der Waals surface area contributed by atoms with E-state index < -0.39 is 0 Å². The van der Waals surface area contributed by atoms with Gasteiger partial charge in [-0.25, -0.2) is 0 Å². The molecule has 0 N–H and O–H groups in total. The Kier molecular flexibility index (Phi) is 2.51. The summed E-state index contributed by atoms with van der Waals surface area (Å²) in [5, 5.41) is 0.0844. The van der Waals surface area contributed by atoms with Crippen molar-refractivity contribution >= 4 is 12.6 Å². The quantitative estimate of drug-likeness (QED) is 0.373. The van der Waals surface area contributed by atoms with Crippen molar-refractivity contribution in [1.29, 1.82) is 0 Å². The van der Waals surface area contributed by atoms with Crippen molar-refractivity contribution in [3.8, 4) is 0 Å². The first-order chi connectivity index (χ1) is 4.84. The number of hydrogen-bond donors (Lipinski definition) is 1. The molecule has 1 nitrogen and oxygen atoms in total. The molecule has 10 heavy (non-hydrogen) atoms. The van der Waals surface area contributed by atoms with E-state index in [2.05, 4.69) is 19.2 Å². The summed E-state index contributed by atoms with van der Waals surface area (Å²) in [7, 11) is 0. The second kappa shape index (κ2) is 3.42. The highest BCUT2D eigenvalue weighted by molar-refractivity contribution is 7.80. The van der Waals surface area contributed by atoms with Crippen LogP contribution in [0.1, 0.15) is 5.37 Å². The van der Waals surface area contributed by atoms with Crippen LogP contribution in [0.2, 0.25) is 0 Å². The van der Waals surface area contributed by atoms with Gasteiger partial charge in [-0.15, -0.1) is 12.6 Å². The van der Waals surface area contributed by atoms with E-state index in [0.29, 0.717) is 0 Å². The molecule has 1 unspecified atom stereocenters. The number of thiol groups is 1. The van der Waals surface area contributed by atoms with Gasteiger partial charge in [0.15, 0.2) is 12.4 Å². The molecule has 0 radical (unpaired) electrons. The molecular formula is C8H10NS+. The highest BCUT2D eigenvalue weighted by Gasteiger charge is 2.04. The van der Waals surface area contributed by atoms with E-state index >= 15 is 0 Å². The molecule has 1 aromatic heterocycles. The van der Waals surface area contributed by atoms with Crippen LogP contribution in [0.3, 0.4) is 0 Å². The number of aromatic nitrogens is 1. The van der Waals surface area contributed by atoms with Gasteiger partial charge in [0.05, 0.1) is 0 Å². The van der Waals surface area contributed by atoms with Crippen LogP contribution in [-0.2, 0) is 0 Å². The second-order valence-electron chi connectivity index (χ2n) is 1.97. The summed E-state index contributed by atoms with van der Waals surface area (Å²) >= 11 is 4.26. The molecule has 0 bridgehead atoms. The lowest BCUT2D eigenvalue weighted by Crippen LogP contribution is -2.33. The molecule has 2 heteroatoms. The molecule has 0 spiro atoms. The molecule has 1 heterocycles. The van der Waals surface area contributed by atoms with Gasteiger partial charge in [-0.1, -0.05) is 12.6 Å². The minimum Gasteiger partial charge on any atom is -0.189 e. The molecule has 0 aromatic carbocycles. The van der Waals surface area contributed by atoms with Crippen molar-refractivity contribution in [1.82, 2.24) is 0 Å². The molecule has 1 rings (SSSR count). The summed E-state index contributed by atoms with van der Waals surface area (Å²) in [5.74, 6) is 0. The highest BCUT2D eigenvalue weighted by Crippen LogP contribution is 2.00. The third-order valence-electron chi connectivity index (χ3n) is 1.25. The van der Waals surface area contributed by atoms with E-state index in [1.165, 1.54) is 0 Å². The smallest absolute Gasteiger partial charge is 0.189 e. The van der Waals surface area contributed by atoms with Crippen molar-refractivity contribution in [3.63, 3.8) is 0 Å². The molecule has 52 valence electrons.